The van der Waals surface area contributed by atoms with E-state index in [-0.39, 0.29) is 0 Å². The molecule has 1 rings (SSSR count). The van der Waals surface area contributed by atoms with Crippen molar-refractivity contribution >= 4 is 0 Å². The lowest BCUT2D eigenvalue weighted by molar-refractivity contribution is 0.163. The zero-order chi connectivity index (χ0) is 10.3. The molecule has 1 N–H and O–H groups in total. The molecular formula is C11H25NO. The van der Waals surface area contributed by atoms with Crippen LogP contribution in [0.3, 0.4) is 0 Å². The molecule has 0 aromatic heterocycles. The van der Waals surface area contributed by atoms with E-state index in [1.54, 1.807) is 0 Å². The minimum Gasteiger partial charge on any atom is -0.396 e. The van der Waals surface area contributed by atoms with Crippen LogP contribution in [0, 0.1) is 0 Å². The SMILES string of the molecule is CC.CN1CCCC1(C)CCCO. The first-order chi connectivity index (χ1) is 6.19. The molecule has 1 aliphatic rings. The Kier molecular flexibility index (Phi) is 6.35. The summed E-state index contributed by atoms with van der Waals surface area (Å²) < 4.78 is 0. The molecule has 1 atom stereocenters. The van der Waals surface area contributed by atoms with Gasteiger partial charge in [-0.05, 0) is 46.2 Å². The lowest BCUT2D eigenvalue weighted by Crippen LogP contribution is -2.38. The molecule has 0 aromatic carbocycles. The first-order valence-corrected chi connectivity index (χ1v) is 5.51. The molecule has 0 aromatic rings. The van der Waals surface area contributed by atoms with Crippen molar-refractivity contribution in [3.8, 4) is 0 Å². The first kappa shape index (κ1) is 12.9. The minimum atomic E-state index is 0.337. The Bertz CT molecular complexity index is 127. The van der Waals surface area contributed by atoms with Crippen LogP contribution in [0.1, 0.15) is 46.5 Å². The maximum Gasteiger partial charge on any atom is 0.0431 e. The van der Waals surface area contributed by atoms with Gasteiger partial charge in [0, 0.05) is 12.1 Å². The molecule has 0 spiro atoms. The number of likely N-dealkylation sites (tertiary alicyclic amines) is 1. The van der Waals surface area contributed by atoms with Crippen molar-refractivity contribution in [1.29, 1.82) is 0 Å². The molecule has 0 bridgehead atoms. The van der Waals surface area contributed by atoms with Crippen molar-refractivity contribution in [2.75, 3.05) is 20.2 Å². The molecule has 0 amide bonds. The fourth-order valence-electron chi connectivity index (χ4n) is 1.93. The summed E-state index contributed by atoms with van der Waals surface area (Å²) in [7, 11) is 2.18. The van der Waals surface area contributed by atoms with Crippen LogP contribution < -0.4 is 0 Å². The zero-order valence-electron chi connectivity index (χ0n) is 9.64. The van der Waals surface area contributed by atoms with Gasteiger partial charge in [0.15, 0.2) is 0 Å². The van der Waals surface area contributed by atoms with Crippen LogP contribution in [0.15, 0.2) is 0 Å². The van der Waals surface area contributed by atoms with Gasteiger partial charge >= 0.3 is 0 Å². The third-order valence-corrected chi connectivity index (χ3v) is 3.00. The Hall–Kier alpha value is -0.0800. The molecule has 1 fully saturated rings. The van der Waals surface area contributed by atoms with Gasteiger partial charge in [0.2, 0.25) is 0 Å². The topological polar surface area (TPSA) is 23.5 Å². The maximum atomic E-state index is 8.71. The second-order valence-corrected chi connectivity index (χ2v) is 3.85. The van der Waals surface area contributed by atoms with Crippen molar-refractivity contribution in [2.45, 2.75) is 52.0 Å². The lowest BCUT2D eigenvalue weighted by Gasteiger charge is -2.32. The van der Waals surface area contributed by atoms with Gasteiger partial charge in [-0.2, -0.15) is 0 Å². The van der Waals surface area contributed by atoms with Crippen LogP contribution in [-0.4, -0.2) is 35.7 Å². The molecule has 1 saturated heterocycles. The van der Waals surface area contributed by atoms with Crippen molar-refractivity contribution in [2.24, 2.45) is 0 Å². The van der Waals surface area contributed by atoms with Crippen LogP contribution in [0.4, 0.5) is 0 Å². The Morgan fingerprint density at radius 2 is 2.00 bits per heavy atom. The van der Waals surface area contributed by atoms with E-state index in [4.69, 9.17) is 5.11 Å². The Morgan fingerprint density at radius 3 is 2.38 bits per heavy atom. The Balaban J connectivity index is 0.000000671. The summed E-state index contributed by atoms with van der Waals surface area (Å²) >= 11 is 0. The van der Waals surface area contributed by atoms with E-state index in [0.717, 1.165) is 12.8 Å². The number of aliphatic hydroxyl groups excluding tert-OH is 1. The smallest absolute Gasteiger partial charge is 0.0431 e. The summed E-state index contributed by atoms with van der Waals surface area (Å²) in [6.07, 6.45) is 4.70. The molecule has 80 valence electrons. The van der Waals surface area contributed by atoms with Gasteiger partial charge in [-0.1, -0.05) is 13.8 Å². The molecule has 0 saturated carbocycles. The van der Waals surface area contributed by atoms with E-state index in [0.29, 0.717) is 12.1 Å². The first-order valence-electron chi connectivity index (χ1n) is 5.51. The highest BCUT2D eigenvalue weighted by molar-refractivity contribution is 4.89. The van der Waals surface area contributed by atoms with E-state index >= 15 is 0 Å². The molecular weight excluding hydrogens is 162 g/mol. The Labute approximate surface area is 82.9 Å². The van der Waals surface area contributed by atoms with Gasteiger partial charge in [0.05, 0.1) is 0 Å². The van der Waals surface area contributed by atoms with Crippen LogP contribution >= 0.6 is 0 Å². The van der Waals surface area contributed by atoms with Crippen molar-refractivity contribution in [3.63, 3.8) is 0 Å². The zero-order valence-corrected chi connectivity index (χ0v) is 9.64. The highest BCUT2D eigenvalue weighted by Gasteiger charge is 2.32. The molecule has 2 nitrogen and oxygen atoms in total. The second kappa shape index (κ2) is 6.39. The standard InChI is InChI=1S/C9H19NO.C2H6/c1-9(6-4-8-11)5-3-7-10(9)2;1-2/h11H,3-8H2,1-2H3;1-2H3. The fourth-order valence-corrected chi connectivity index (χ4v) is 1.93. The van der Waals surface area contributed by atoms with Gasteiger partial charge in [-0.15, -0.1) is 0 Å². The largest absolute Gasteiger partial charge is 0.396 e. The predicted octanol–water partition coefficient (Wildman–Crippen LogP) is 2.27. The monoisotopic (exact) mass is 187 g/mol. The van der Waals surface area contributed by atoms with Gasteiger partial charge in [-0.25, -0.2) is 0 Å². The van der Waals surface area contributed by atoms with Crippen LogP contribution in [0.2, 0.25) is 0 Å². The predicted molar refractivity (Wildman–Crippen MR) is 57.9 cm³/mol. The number of nitrogens with zero attached hydrogens (tertiary/aromatic N) is 1. The maximum absolute atomic E-state index is 8.71. The van der Waals surface area contributed by atoms with Crippen molar-refractivity contribution in [3.05, 3.63) is 0 Å². The summed E-state index contributed by atoms with van der Waals surface area (Å²) in [4.78, 5) is 2.42. The summed E-state index contributed by atoms with van der Waals surface area (Å²) in [6, 6.07) is 0. The normalized spacial score (nSPS) is 28.4. The lowest BCUT2D eigenvalue weighted by atomic mass is 9.93. The van der Waals surface area contributed by atoms with E-state index in [1.807, 2.05) is 13.8 Å². The summed E-state index contributed by atoms with van der Waals surface area (Å²) in [6.45, 7) is 7.86. The van der Waals surface area contributed by atoms with E-state index < -0.39 is 0 Å². The molecule has 1 unspecified atom stereocenters. The minimum absolute atomic E-state index is 0.337. The van der Waals surface area contributed by atoms with Gasteiger partial charge in [0.25, 0.3) is 0 Å². The highest BCUT2D eigenvalue weighted by Crippen LogP contribution is 2.31. The molecule has 1 aliphatic heterocycles. The van der Waals surface area contributed by atoms with Gasteiger partial charge in [-0.3, -0.25) is 0 Å². The van der Waals surface area contributed by atoms with Crippen LogP contribution in [0.5, 0.6) is 0 Å². The van der Waals surface area contributed by atoms with E-state index in [9.17, 15) is 0 Å². The summed E-state index contributed by atoms with van der Waals surface area (Å²) in [5, 5.41) is 8.71. The Morgan fingerprint density at radius 1 is 1.38 bits per heavy atom. The molecule has 2 heteroatoms. The average molecular weight is 187 g/mol. The second-order valence-electron chi connectivity index (χ2n) is 3.85. The third-order valence-electron chi connectivity index (χ3n) is 3.00. The van der Waals surface area contributed by atoms with Gasteiger partial charge < -0.3 is 10.0 Å². The molecule has 1 heterocycles. The highest BCUT2D eigenvalue weighted by atomic mass is 16.2. The third kappa shape index (κ3) is 3.65. The molecule has 13 heavy (non-hydrogen) atoms. The van der Waals surface area contributed by atoms with E-state index in [2.05, 4.69) is 18.9 Å². The molecule has 0 aliphatic carbocycles. The van der Waals surface area contributed by atoms with Crippen molar-refractivity contribution in [1.82, 2.24) is 4.90 Å². The summed E-state index contributed by atoms with van der Waals surface area (Å²) in [5.74, 6) is 0. The van der Waals surface area contributed by atoms with E-state index in [1.165, 1.54) is 19.4 Å². The quantitative estimate of drug-likeness (QED) is 0.732. The number of hydrogen-bond donors (Lipinski definition) is 1. The summed E-state index contributed by atoms with van der Waals surface area (Å²) in [5.41, 5.74) is 0.378. The average Bonchev–Trinajstić information content (AvgIpc) is 2.48. The van der Waals surface area contributed by atoms with Crippen LogP contribution in [-0.2, 0) is 0 Å². The van der Waals surface area contributed by atoms with Crippen molar-refractivity contribution < 1.29 is 5.11 Å². The fraction of sp³-hybridized carbons (Fsp3) is 1.00. The number of hydrogen-bond acceptors (Lipinski definition) is 2. The van der Waals surface area contributed by atoms with Gasteiger partial charge in [0.1, 0.15) is 0 Å². The number of rotatable bonds is 3. The van der Waals surface area contributed by atoms with Crippen LogP contribution in [0.25, 0.3) is 0 Å². The molecule has 0 radical (unpaired) electrons. The number of aliphatic hydroxyl groups is 1.